The van der Waals surface area contributed by atoms with Crippen LogP contribution in [0.3, 0.4) is 0 Å². The Morgan fingerprint density at radius 2 is 2.11 bits per heavy atom. The summed E-state index contributed by atoms with van der Waals surface area (Å²) in [5.41, 5.74) is 4.69. The fourth-order valence-electron chi connectivity index (χ4n) is 1.98. The van der Waals surface area contributed by atoms with Gasteiger partial charge in [0.2, 0.25) is 0 Å². The highest BCUT2D eigenvalue weighted by molar-refractivity contribution is 5.83. The zero-order valence-corrected chi connectivity index (χ0v) is 11.0. The van der Waals surface area contributed by atoms with Gasteiger partial charge < -0.3 is 10.2 Å². The molecule has 2 rings (SSSR count). The van der Waals surface area contributed by atoms with Gasteiger partial charge in [0.25, 0.3) is 0 Å². The Balaban J connectivity index is 2.57. The van der Waals surface area contributed by atoms with Crippen molar-refractivity contribution in [3.8, 4) is 5.75 Å². The van der Waals surface area contributed by atoms with Crippen LogP contribution in [0.25, 0.3) is 10.9 Å². The van der Waals surface area contributed by atoms with Crippen LogP contribution in [-0.4, -0.2) is 11.6 Å². The molecule has 3 N–H and O–H groups in total. The Morgan fingerprint density at radius 3 is 2.72 bits per heavy atom. The minimum absolute atomic E-state index is 0.365. The van der Waals surface area contributed by atoms with Gasteiger partial charge in [0, 0.05) is 5.39 Å². The molecule has 0 amide bonds. The second kappa shape index (κ2) is 5.23. The summed E-state index contributed by atoms with van der Waals surface area (Å²) in [6, 6.07) is 8.00. The van der Waals surface area contributed by atoms with Crippen molar-refractivity contribution >= 4 is 16.7 Å². The number of rotatable bonds is 4. The highest BCUT2D eigenvalue weighted by Crippen LogP contribution is 2.28. The molecule has 0 aliphatic heterocycles. The zero-order chi connectivity index (χ0) is 13.1. The number of nitrogen functional groups attached to an aromatic ring is 1. The number of ether oxygens (including phenoxy) is 1. The average Bonchev–Trinajstić information content (AvgIpc) is 2.37. The zero-order valence-electron chi connectivity index (χ0n) is 11.0. The van der Waals surface area contributed by atoms with E-state index in [0.29, 0.717) is 12.5 Å². The molecule has 4 nitrogen and oxygen atoms in total. The van der Waals surface area contributed by atoms with Gasteiger partial charge in [-0.15, -0.1) is 0 Å². The van der Waals surface area contributed by atoms with Gasteiger partial charge in [-0.1, -0.05) is 13.8 Å². The maximum Gasteiger partial charge on any atom is 0.144 e. The first kappa shape index (κ1) is 12.6. The molecule has 0 atom stereocenters. The fraction of sp³-hybridized carbons (Fsp3) is 0.357. The van der Waals surface area contributed by atoms with Crippen molar-refractivity contribution in [1.29, 1.82) is 0 Å². The van der Waals surface area contributed by atoms with Crippen LogP contribution in [0.15, 0.2) is 24.3 Å². The van der Waals surface area contributed by atoms with Crippen LogP contribution in [0.5, 0.6) is 5.75 Å². The molecule has 96 valence electrons. The van der Waals surface area contributed by atoms with E-state index < -0.39 is 0 Å². The molecule has 2 aromatic rings. The Labute approximate surface area is 107 Å². The molecule has 0 aliphatic rings. The molecule has 0 radical (unpaired) electrons. The monoisotopic (exact) mass is 245 g/mol. The highest BCUT2D eigenvalue weighted by Gasteiger charge is 2.09. The lowest BCUT2D eigenvalue weighted by Crippen LogP contribution is -2.12. The molecule has 18 heavy (non-hydrogen) atoms. The molecule has 1 aromatic carbocycles. The lowest BCUT2D eigenvalue weighted by Gasteiger charge is -2.13. The third-order valence-corrected chi connectivity index (χ3v) is 2.89. The van der Waals surface area contributed by atoms with Crippen LogP contribution in [0.4, 0.5) is 5.82 Å². The molecule has 1 aromatic heterocycles. The van der Waals surface area contributed by atoms with E-state index in [1.165, 1.54) is 0 Å². The van der Waals surface area contributed by atoms with Gasteiger partial charge in [0.1, 0.15) is 11.6 Å². The SMILES string of the molecule is CCOc1ccc2nc(NN)c(C(C)C)cc2c1. The predicted octanol–water partition coefficient (Wildman–Crippen LogP) is 3.04. The maximum atomic E-state index is 5.52. The Morgan fingerprint density at radius 1 is 1.33 bits per heavy atom. The summed E-state index contributed by atoms with van der Waals surface area (Å²) in [4.78, 5) is 4.52. The number of nitrogens with one attached hydrogen (secondary N) is 1. The summed E-state index contributed by atoms with van der Waals surface area (Å²) in [5.74, 6) is 7.49. The third kappa shape index (κ3) is 2.38. The molecule has 0 spiro atoms. The first-order valence-corrected chi connectivity index (χ1v) is 6.19. The van der Waals surface area contributed by atoms with Crippen LogP contribution < -0.4 is 16.0 Å². The summed E-state index contributed by atoms with van der Waals surface area (Å²) in [6.07, 6.45) is 0. The van der Waals surface area contributed by atoms with Crippen LogP contribution in [0, 0.1) is 0 Å². The van der Waals surface area contributed by atoms with E-state index in [4.69, 9.17) is 10.6 Å². The summed E-state index contributed by atoms with van der Waals surface area (Å²) in [5, 5.41) is 1.07. The van der Waals surface area contributed by atoms with Gasteiger partial charge in [-0.3, -0.25) is 0 Å². The van der Waals surface area contributed by atoms with Gasteiger partial charge in [-0.2, -0.15) is 0 Å². The number of aromatic nitrogens is 1. The molecule has 0 unspecified atom stereocenters. The molecule has 0 saturated carbocycles. The number of nitrogens with zero attached hydrogens (tertiary/aromatic N) is 1. The van der Waals surface area contributed by atoms with Gasteiger partial charge >= 0.3 is 0 Å². The van der Waals surface area contributed by atoms with Crippen LogP contribution in [0.1, 0.15) is 32.3 Å². The van der Waals surface area contributed by atoms with Crippen molar-refractivity contribution in [2.75, 3.05) is 12.0 Å². The number of hydrogen-bond acceptors (Lipinski definition) is 4. The number of nitrogens with two attached hydrogens (primary N) is 1. The average molecular weight is 245 g/mol. The van der Waals surface area contributed by atoms with Crippen LogP contribution in [0.2, 0.25) is 0 Å². The fourth-order valence-corrected chi connectivity index (χ4v) is 1.98. The number of fused-ring (bicyclic) bond motifs is 1. The third-order valence-electron chi connectivity index (χ3n) is 2.89. The maximum absolute atomic E-state index is 5.52. The smallest absolute Gasteiger partial charge is 0.144 e. The van der Waals surface area contributed by atoms with Crippen LogP contribution in [-0.2, 0) is 0 Å². The van der Waals surface area contributed by atoms with Crippen molar-refractivity contribution in [3.63, 3.8) is 0 Å². The molecule has 0 saturated heterocycles. The summed E-state index contributed by atoms with van der Waals surface area (Å²) < 4.78 is 5.50. The summed E-state index contributed by atoms with van der Waals surface area (Å²) in [6.45, 7) is 6.88. The van der Waals surface area contributed by atoms with Crippen molar-refractivity contribution in [1.82, 2.24) is 4.98 Å². The highest BCUT2D eigenvalue weighted by atomic mass is 16.5. The van der Waals surface area contributed by atoms with E-state index in [2.05, 4.69) is 30.3 Å². The topological polar surface area (TPSA) is 60.2 Å². The van der Waals surface area contributed by atoms with Crippen molar-refractivity contribution in [2.45, 2.75) is 26.7 Å². The second-order valence-electron chi connectivity index (χ2n) is 4.51. The Bertz CT molecular complexity index is 552. The van der Waals surface area contributed by atoms with Crippen molar-refractivity contribution < 1.29 is 4.74 Å². The molecule has 4 heteroatoms. The molecule has 0 bridgehead atoms. The minimum atomic E-state index is 0.365. The Hall–Kier alpha value is -1.81. The van der Waals surface area contributed by atoms with E-state index in [1.54, 1.807) is 0 Å². The van der Waals surface area contributed by atoms with E-state index in [0.717, 1.165) is 28.0 Å². The number of pyridine rings is 1. The summed E-state index contributed by atoms with van der Waals surface area (Å²) >= 11 is 0. The van der Waals surface area contributed by atoms with Gasteiger partial charge in [0.15, 0.2) is 0 Å². The van der Waals surface area contributed by atoms with Crippen LogP contribution >= 0.6 is 0 Å². The number of hydrazine groups is 1. The van der Waals surface area contributed by atoms with Crippen molar-refractivity contribution in [3.05, 3.63) is 29.8 Å². The first-order valence-electron chi connectivity index (χ1n) is 6.19. The van der Waals surface area contributed by atoms with E-state index in [-0.39, 0.29) is 0 Å². The van der Waals surface area contributed by atoms with Gasteiger partial charge in [-0.25, -0.2) is 10.8 Å². The Kier molecular flexibility index (Phi) is 3.67. The first-order chi connectivity index (χ1) is 8.65. The van der Waals surface area contributed by atoms with Gasteiger partial charge in [0.05, 0.1) is 12.1 Å². The van der Waals surface area contributed by atoms with E-state index >= 15 is 0 Å². The molecular weight excluding hydrogens is 226 g/mol. The normalized spacial score (nSPS) is 10.9. The largest absolute Gasteiger partial charge is 0.494 e. The van der Waals surface area contributed by atoms with Crippen molar-refractivity contribution in [2.24, 2.45) is 5.84 Å². The summed E-state index contributed by atoms with van der Waals surface area (Å²) in [7, 11) is 0. The molecule has 1 heterocycles. The molecular formula is C14H19N3O. The predicted molar refractivity (Wildman–Crippen MR) is 74.8 cm³/mol. The number of anilines is 1. The lowest BCUT2D eigenvalue weighted by molar-refractivity contribution is 0.340. The van der Waals surface area contributed by atoms with E-state index in [1.807, 2.05) is 25.1 Å². The van der Waals surface area contributed by atoms with E-state index in [9.17, 15) is 0 Å². The number of hydrogen-bond donors (Lipinski definition) is 2. The number of benzene rings is 1. The van der Waals surface area contributed by atoms with Gasteiger partial charge in [-0.05, 0) is 42.7 Å². The second-order valence-corrected chi connectivity index (χ2v) is 4.51. The standard InChI is InChI=1S/C14H19N3O/c1-4-18-11-5-6-13-10(7-11)8-12(9(2)3)14(16-13)17-15/h5-9H,4,15H2,1-3H3,(H,16,17). The molecule has 0 fully saturated rings. The lowest BCUT2D eigenvalue weighted by atomic mass is 10.0. The minimum Gasteiger partial charge on any atom is -0.494 e. The molecule has 0 aliphatic carbocycles. The quantitative estimate of drug-likeness (QED) is 0.642.